The van der Waals surface area contributed by atoms with E-state index >= 15 is 0 Å². The van der Waals surface area contributed by atoms with Crippen LogP contribution in [0.1, 0.15) is 18.4 Å². The highest BCUT2D eigenvalue weighted by molar-refractivity contribution is 6.12. The molecule has 0 amide bonds. The van der Waals surface area contributed by atoms with Crippen LogP contribution in [0.25, 0.3) is 5.57 Å². The van der Waals surface area contributed by atoms with E-state index in [9.17, 15) is 0 Å². The molecule has 2 aliphatic rings. The second-order valence-corrected chi connectivity index (χ2v) is 7.25. The third-order valence-corrected chi connectivity index (χ3v) is 5.10. The van der Waals surface area contributed by atoms with Gasteiger partial charge in [0.25, 0.3) is 0 Å². The van der Waals surface area contributed by atoms with Gasteiger partial charge in [-0.2, -0.15) is 0 Å². The summed E-state index contributed by atoms with van der Waals surface area (Å²) >= 11 is 0. The number of methoxy groups -OCH3 is 3. The standard InChI is InChI=1S/C23H30N2O4/c1-25(2)12-13-29-23-19(16-6-8-17(26-3)9-7-16)15-24-20-11-10-18(27-4)14-21(28-5)22(20)23/h6-9,14-15,20H,10-13H2,1-5H3. The number of ether oxygens (including phenoxy) is 4. The maximum Gasteiger partial charge on any atom is 0.137 e. The molecule has 0 aromatic heterocycles. The maximum absolute atomic E-state index is 6.35. The van der Waals surface area contributed by atoms with Crippen molar-refractivity contribution >= 4 is 11.8 Å². The van der Waals surface area contributed by atoms with Gasteiger partial charge in [0.1, 0.15) is 23.9 Å². The van der Waals surface area contributed by atoms with Gasteiger partial charge in [-0.25, -0.2) is 0 Å². The van der Waals surface area contributed by atoms with Gasteiger partial charge in [0, 0.05) is 30.8 Å². The Morgan fingerprint density at radius 1 is 1.03 bits per heavy atom. The fourth-order valence-electron chi connectivity index (χ4n) is 3.46. The van der Waals surface area contributed by atoms with Crippen LogP contribution < -0.4 is 4.74 Å². The Bertz CT molecular complexity index is 835. The minimum Gasteiger partial charge on any atom is -0.501 e. The lowest BCUT2D eigenvalue weighted by molar-refractivity contribution is 0.185. The Morgan fingerprint density at radius 2 is 1.79 bits per heavy atom. The fourth-order valence-corrected chi connectivity index (χ4v) is 3.46. The molecule has 6 nitrogen and oxygen atoms in total. The maximum atomic E-state index is 6.35. The predicted molar refractivity (Wildman–Crippen MR) is 115 cm³/mol. The van der Waals surface area contributed by atoms with Crippen LogP contribution in [0.3, 0.4) is 0 Å². The van der Waals surface area contributed by atoms with E-state index in [1.54, 1.807) is 21.3 Å². The summed E-state index contributed by atoms with van der Waals surface area (Å²) in [6.07, 6.45) is 5.52. The van der Waals surface area contributed by atoms with Crippen molar-refractivity contribution in [3.8, 4) is 5.75 Å². The molecule has 0 fully saturated rings. The minimum atomic E-state index is -0.0230. The van der Waals surface area contributed by atoms with Crippen molar-refractivity contribution in [2.24, 2.45) is 4.99 Å². The van der Waals surface area contributed by atoms with E-state index in [1.807, 2.05) is 50.7 Å². The molecule has 29 heavy (non-hydrogen) atoms. The van der Waals surface area contributed by atoms with Crippen molar-refractivity contribution < 1.29 is 18.9 Å². The lowest BCUT2D eigenvalue weighted by atomic mass is 9.92. The number of fused-ring (bicyclic) bond motifs is 1. The molecule has 3 rings (SSSR count). The van der Waals surface area contributed by atoms with Gasteiger partial charge in [-0.15, -0.1) is 0 Å². The van der Waals surface area contributed by atoms with Gasteiger partial charge < -0.3 is 23.8 Å². The molecule has 0 saturated carbocycles. The highest BCUT2D eigenvalue weighted by Crippen LogP contribution is 2.38. The molecule has 0 spiro atoms. The zero-order valence-electron chi connectivity index (χ0n) is 17.9. The summed E-state index contributed by atoms with van der Waals surface area (Å²) in [6.45, 7) is 1.39. The van der Waals surface area contributed by atoms with E-state index in [-0.39, 0.29) is 6.04 Å². The first kappa shape index (κ1) is 21.0. The fraction of sp³-hybridized carbons (Fsp3) is 0.435. The molecule has 156 valence electrons. The summed E-state index contributed by atoms with van der Waals surface area (Å²) in [5.41, 5.74) is 2.95. The average Bonchev–Trinajstić information content (AvgIpc) is 2.93. The van der Waals surface area contributed by atoms with Crippen LogP contribution in [0, 0.1) is 0 Å². The summed E-state index contributed by atoms with van der Waals surface area (Å²) in [4.78, 5) is 6.94. The van der Waals surface area contributed by atoms with Gasteiger partial charge in [-0.1, -0.05) is 12.1 Å². The van der Waals surface area contributed by atoms with Crippen molar-refractivity contribution in [3.05, 3.63) is 58.8 Å². The molecule has 1 unspecified atom stereocenters. The molecule has 1 heterocycles. The van der Waals surface area contributed by atoms with Crippen LogP contribution in [-0.2, 0) is 14.2 Å². The van der Waals surface area contributed by atoms with Gasteiger partial charge in [-0.3, -0.25) is 4.99 Å². The lowest BCUT2D eigenvalue weighted by Crippen LogP contribution is -2.23. The highest BCUT2D eigenvalue weighted by atomic mass is 16.5. The third-order valence-electron chi connectivity index (χ3n) is 5.10. The Balaban J connectivity index is 2.10. The topological polar surface area (TPSA) is 52.5 Å². The molecule has 1 aliphatic carbocycles. The first-order valence-electron chi connectivity index (χ1n) is 9.79. The predicted octanol–water partition coefficient (Wildman–Crippen LogP) is 3.66. The minimum absolute atomic E-state index is 0.0230. The summed E-state index contributed by atoms with van der Waals surface area (Å²) in [7, 11) is 9.10. The molecule has 1 aromatic rings. The van der Waals surface area contributed by atoms with Crippen LogP contribution in [0.15, 0.2) is 58.2 Å². The highest BCUT2D eigenvalue weighted by Gasteiger charge is 2.31. The summed E-state index contributed by atoms with van der Waals surface area (Å²) in [5, 5.41) is 0. The first-order chi connectivity index (χ1) is 14.1. The Labute approximate surface area is 173 Å². The number of nitrogens with zero attached hydrogens (tertiary/aromatic N) is 2. The number of dihydropyridines is 1. The Kier molecular flexibility index (Phi) is 6.99. The quantitative estimate of drug-likeness (QED) is 0.669. The van der Waals surface area contributed by atoms with Crippen LogP contribution in [-0.4, -0.2) is 65.7 Å². The molecule has 0 radical (unpaired) electrons. The smallest absolute Gasteiger partial charge is 0.137 e. The number of hydrogen-bond acceptors (Lipinski definition) is 6. The Hall–Kier alpha value is -2.73. The van der Waals surface area contributed by atoms with Crippen molar-refractivity contribution in [1.82, 2.24) is 4.90 Å². The largest absolute Gasteiger partial charge is 0.501 e. The van der Waals surface area contributed by atoms with Gasteiger partial charge in [-0.05, 0) is 38.2 Å². The monoisotopic (exact) mass is 398 g/mol. The molecule has 0 bridgehead atoms. The number of rotatable bonds is 8. The zero-order chi connectivity index (χ0) is 20.8. The molecular weight excluding hydrogens is 368 g/mol. The molecular formula is C23H30N2O4. The van der Waals surface area contributed by atoms with Crippen LogP contribution in [0.2, 0.25) is 0 Å². The second-order valence-electron chi connectivity index (χ2n) is 7.25. The normalized spacial score (nSPS) is 19.0. The van der Waals surface area contributed by atoms with Crippen molar-refractivity contribution in [2.45, 2.75) is 18.9 Å². The van der Waals surface area contributed by atoms with Crippen molar-refractivity contribution in [2.75, 3.05) is 48.6 Å². The van der Waals surface area contributed by atoms with Crippen LogP contribution in [0.5, 0.6) is 5.75 Å². The van der Waals surface area contributed by atoms with E-state index in [2.05, 4.69) is 4.90 Å². The molecule has 0 N–H and O–H groups in total. The van der Waals surface area contributed by atoms with E-state index in [1.165, 1.54) is 0 Å². The zero-order valence-corrected chi connectivity index (χ0v) is 17.9. The molecule has 1 aliphatic heterocycles. The van der Waals surface area contributed by atoms with E-state index < -0.39 is 0 Å². The summed E-state index contributed by atoms with van der Waals surface area (Å²) in [5.74, 6) is 3.26. The van der Waals surface area contributed by atoms with E-state index in [4.69, 9.17) is 23.9 Å². The van der Waals surface area contributed by atoms with E-state index in [0.717, 1.165) is 59.1 Å². The van der Waals surface area contributed by atoms with Crippen molar-refractivity contribution in [3.63, 3.8) is 0 Å². The number of likely N-dealkylation sites (N-methyl/N-ethyl adjacent to an activating group) is 1. The average molecular weight is 399 g/mol. The van der Waals surface area contributed by atoms with Gasteiger partial charge in [0.15, 0.2) is 0 Å². The number of allylic oxidation sites excluding steroid dienone is 3. The van der Waals surface area contributed by atoms with Gasteiger partial charge in [0.2, 0.25) is 0 Å². The van der Waals surface area contributed by atoms with Gasteiger partial charge in [0.05, 0.1) is 38.7 Å². The van der Waals surface area contributed by atoms with Gasteiger partial charge >= 0.3 is 0 Å². The molecule has 1 aromatic carbocycles. The molecule has 1 atom stereocenters. The molecule has 6 heteroatoms. The summed E-state index contributed by atoms with van der Waals surface area (Å²) in [6, 6.07) is 7.92. The lowest BCUT2D eigenvalue weighted by Gasteiger charge is -2.26. The SMILES string of the molecule is COC1=CC(OC)=C2C(OCCN(C)C)=C(c3ccc(OC)cc3)C=NC2CC1. The van der Waals surface area contributed by atoms with E-state index in [0.29, 0.717) is 6.61 Å². The summed E-state index contributed by atoms with van der Waals surface area (Å²) < 4.78 is 22.9. The second kappa shape index (κ2) is 9.65. The number of benzene rings is 1. The van der Waals surface area contributed by atoms with Crippen LogP contribution in [0.4, 0.5) is 0 Å². The van der Waals surface area contributed by atoms with Crippen molar-refractivity contribution in [1.29, 1.82) is 0 Å². The van der Waals surface area contributed by atoms with Crippen LogP contribution >= 0.6 is 0 Å². The molecule has 0 saturated heterocycles. The Morgan fingerprint density at radius 3 is 2.41 bits per heavy atom. The first-order valence-corrected chi connectivity index (χ1v) is 9.79. The third kappa shape index (κ3) is 4.82. The number of aliphatic imine (C=N–C) groups is 1. The number of hydrogen-bond donors (Lipinski definition) is 0.